The fourth-order valence-electron chi connectivity index (χ4n) is 2.61. The number of ether oxygens (including phenoxy) is 2. The predicted molar refractivity (Wildman–Crippen MR) is 121 cm³/mol. The van der Waals surface area contributed by atoms with Crippen LogP contribution in [0.5, 0.6) is 11.5 Å². The van der Waals surface area contributed by atoms with Crippen LogP contribution in [-0.2, 0) is 14.8 Å². The Labute approximate surface area is 189 Å². The third-order valence-corrected chi connectivity index (χ3v) is 5.97. The Balaban J connectivity index is 1.76. The predicted octanol–water partition coefficient (Wildman–Crippen LogP) is 4.82. The van der Waals surface area contributed by atoms with E-state index >= 15 is 0 Å². The minimum Gasteiger partial charge on any atom is -0.495 e. The quantitative estimate of drug-likeness (QED) is 0.481. The van der Waals surface area contributed by atoms with Crippen molar-refractivity contribution in [2.24, 2.45) is 0 Å². The molecular weight excluding hydrogens is 463 g/mol. The van der Waals surface area contributed by atoms with Crippen LogP contribution in [0.25, 0.3) is 0 Å². The molecule has 0 aliphatic carbocycles. The molecule has 0 saturated carbocycles. The molecule has 3 rings (SSSR count). The molecule has 0 bridgehead atoms. The summed E-state index contributed by atoms with van der Waals surface area (Å²) in [6, 6.07) is 17.3. The summed E-state index contributed by atoms with van der Waals surface area (Å²) < 4.78 is 38.8. The molecule has 0 atom stereocenters. The molecule has 0 fully saturated rings. The number of hydrogen-bond acceptors (Lipinski definition) is 5. The van der Waals surface area contributed by atoms with Crippen LogP contribution in [0.3, 0.4) is 0 Å². The molecule has 162 valence electrons. The van der Waals surface area contributed by atoms with Crippen LogP contribution >= 0.6 is 23.2 Å². The zero-order chi connectivity index (χ0) is 22.4. The summed E-state index contributed by atoms with van der Waals surface area (Å²) in [6.07, 6.45) is 0. The van der Waals surface area contributed by atoms with E-state index in [2.05, 4.69) is 10.0 Å². The van der Waals surface area contributed by atoms with Crippen molar-refractivity contribution >= 4 is 50.5 Å². The van der Waals surface area contributed by atoms with E-state index in [1.54, 1.807) is 42.5 Å². The fourth-order valence-corrected chi connectivity index (χ4v) is 4.31. The molecule has 7 nitrogen and oxygen atoms in total. The van der Waals surface area contributed by atoms with Crippen LogP contribution in [0.4, 0.5) is 11.4 Å². The number of sulfonamides is 1. The van der Waals surface area contributed by atoms with Crippen molar-refractivity contribution in [3.05, 3.63) is 76.8 Å². The van der Waals surface area contributed by atoms with E-state index in [4.69, 9.17) is 32.7 Å². The highest BCUT2D eigenvalue weighted by Crippen LogP contribution is 2.30. The summed E-state index contributed by atoms with van der Waals surface area (Å²) >= 11 is 11.9. The van der Waals surface area contributed by atoms with Crippen molar-refractivity contribution < 1.29 is 22.7 Å². The first-order chi connectivity index (χ1) is 14.8. The van der Waals surface area contributed by atoms with Crippen LogP contribution in [-0.4, -0.2) is 28.0 Å². The van der Waals surface area contributed by atoms with Gasteiger partial charge in [-0.2, -0.15) is 0 Å². The summed E-state index contributed by atoms with van der Waals surface area (Å²) in [7, 11) is -2.71. The largest absolute Gasteiger partial charge is 0.495 e. The first-order valence-corrected chi connectivity index (χ1v) is 11.2. The minimum absolute atomic E-state index is 0.104. The number of carbonyl (C=O) groups excluding carboxylic acids is 1. The van der Waals surface area contributed by atoms with E-state index in [-0.39, 0.29) is 33.6 Å². The number of rotatable bonds is 8. The van der Waals surface area contributed by atoms with Gasteiger partial charge in [0, 0.05) is 10.7 Å². The van der Waals surface area contributed by atoms with Gasteiger partial charge in [0.15, 0.2) is 6.61 Å². The van der Waals surface area contributed by atoms with Gasteiger partial charge in [-0.15, -0.1) is 0 Å². The minimum atomic E-state index is -4.05. The lowest BCUT2D eigenvalue weighted by Gasteiger charge is -2.14. The molecule has 0 aliphatic heterocycles. The molecule has 0 aromatic heterocycles. The van der Waals surface area contributed by atoms with Gasteiger partial charge >= 0.3 is 0 Å². The molecule has 3 aromatic carbocycles. The van der Waals surface area contributed by atoms with E-state index in [1.807, 2.05) is 0 Å². The number of amides is 1. The second kappa shape index (κ2) is 9.91. The number of halogens is 2. The van der Waals surface area contributed by atoms with Crippen LogP contribution in [0, 0.1) is 0 Å². The van der Waals surface area contributed by atoms with Crippen LogP contribution in [0.15, 0.2) is 71.6 Å². The van der Waals surface area contributed by atoms with Gasteiger partial charge in [0.1, 0.15) is 16.4 Å². The number of benzene rings is 3. The lowest BCUT2D eigenvalue weighted by molar-refractivity contribution is -0.118. The second-order valence-corrected chi connectivity index (χ2v) is 8.74. The third-order valence-electron chi connectivity index (χ3n) is 4.02. The summed E-state index contributed by atoms with van der Waals surface area (Å²) in [5.74, 6) is 0.0601. The van der Waals surface area contributed by atoms with E-state index in [0.717, 1.165) is 0 Å². The van der Waals surface area contributed by atoms with Gasteiger partial charge in [-0.05, 0) is 48.5 Å². The summed E-state index contributed by atoms with van der Waals surface area (Å²) in [5.41, 5.74) is 0.468. The molecular formula is C21H18Cl2N2O5S. The first-order valence-electron chi connectivity index (χ1n) is 8.92. The number of para-hydroxylation sites is 1. The van der Waals surface area contributed by atoms with Crippen LogP contribution in [0.1, 0.15) is 0 Å². The zero-order valence-electron chi connectivity index (χ0n) is 16.3. The average Bonchev–Trinajstić information content (AvgIpc) is 2.74. The zero-order valence-corrected chi connectivity index (χ0v) is 18.6. The normalized spacial score (nSPS) is 10.9. The Morgan fingerprint density at radius 2 is 1.77 bits per heavy atom. The van der Waals surface area contributed by atoms with Crippen LogP contribution in [0.2, 0.25) is 10.0 Å². The Bertz CT molecular complexity index is 1200. The molecule has 0 radical (unpaired) electrons. The summed E-state index contributed by atoms with van der Waals surface area (Å²) in [4.78, 5) is 12.1. The fraction of sp³-hybridized carbons (Fsp3) is 0.0952. The third kappa shape index (κ3) is 6.04. The smallest absolute Gasteiger partial charge is 0.265 e. The number of anilines is 2. The topological polar surface area (TPSA) is 93.7 Å². The van der Waals surface area contributed by atoms with Gasteiger partial charge < -0.3 is 14.8 Å². The number of hydrogen-bond donors (Lipinski definition) is 2. The maximum absolute atomic E-state index is 12.9. The van der Waals surface area contributed by atoms with E-state index in [9.17, 15) is 13.2 Å². The molecule has 0 spiro atoms. The highest BCUT2D eigenvalue weighted by Gasteiger charge is 2.22. The highest BCUT2D eigenvalue weighted by atomic mass is 35.5. The van der Waals surface area contributed by atoms with Gasteiger partial charge in [-0.25, -0.2) is 8.42 Å². The second-order valence-electron chi connectivity index (χ2n) is 6.25. The molecule has 3 aromatic rings. The van der Waals surface area contributed by atoms with Crippen molar-refractivity contribution in [3.8, 4) is 11.5 Å². The van der Waals surface area contributed by atoms with Crippen LogP contribution < -0.4 is 19.5 Å². The van der Waals surface area contributed by atoms with Crippen molar-refractivity contribution in [2.45, 2.75) is 4.90 Å². The van der Waals surface area contributed by atoms with Crippen molar-refractivity contribution in [1.82, 2.24) is 0 Å². The Morgan fingerprint density at radius 1 is 1.00 bits per heavy atom. The van der Waals surface area contributed by atoms with Crippen molar-refractivity contribution in [1.29, 1.82) is 0 Å². The summed E-state index contributed by atoms with van der Waals surface area (Å²) in [5, 5.41) is 3.32. The first kappa shape index (κ1) is 22.7. The maximum Gasteiger partial charge on any atom is 0.265 e. The molecule has 1 amide bonds. The number of carbonyl (C=O) groups is 1. The van der Waals surface area contributed by atoms with Gasteiger partial charge in [0.05, 0.1) is 17.8 Å². The van der Waals surface area contributed by atoms with Gasteiger partial charge in [0.25, 0.3) is 15.9 Å². The van der Waals surface area contributed by atoms with E-state index in [0.29, 0.717) is 10.8 Å². The average molecular weight is 481 g/mol. The lowest BCUT2D eigenvalue weighted by atomic mass is 10.3. The standard InChI is InChI=1S/C21H18Cl2N2O5S/c1-29-19-10-9-15(24-21(26)13-30-16-6-4-5-14(22)11-16)12-20(19)31(27,28)25-18-8-3-2-7-17(18)23/h2-12,25H,13H2,1H3,(H,24,26). The van der Waals surface area contributed by atoms with Crippen molar-refractivity contribution in [3.63, 3.8) is 0 Å². The monoisotopic (exact) mass is 480 g/mol. The van der Waals surface area contributed by atoms with Gasteiger partial charge in [-0.1, -0.05) is 41.4 Å². The van der Waals surface area contributed by atoms with Gasteiger partial charge in [0.2, 0.25) is 0 Å². The maximum atomic E-state index is 12.9. The van der Waals surface area contributed by atoms with Gasteiger partial charge in [-0.3, -0.25) is 9.52 Å². The molecule has 10 heteroatoms. The number of methoxy groups -OCH3 is 1. The Morgan fingerprint density at radius 3 is 2.48 bits per heavy atom. The van der Waals surface area contributed by atoms with E-state index < -0.39 is 15.9 Å². The highest BCUT2D eigenvalue weighted by molar-refractivity contribution is 7.92. The van der Waals surface area contributed by atoms with Crippen molar-refractivity contribution in [2.75, 3.05) is 23.8 Å². The summed E-state index contributed by atoms with van der Waals surface area (Å²) in [6.45, 7) is -0.285. The van der Waals surface area contributed by atoms with E-state index in [1.165, 1.54) is 31.4 Å². The SMILES string of the molecule is COc1ccc(NC(=O)COc2cccc(Cl)c2)cc1S(=O)(=O)Nc1ccccc1Cl. The molecule has 0 saturated heterocycles. The number of nitrogens with one attached hydrogen (secondary N) is 2. The molecule has 0 unspecified atom stereocenters. The molecule has 0 aliphatic rings. The lowest BCUT2D eigenvalue weighted by Crippen LogP contribution is -2.21. The molecule has 0 heterocycles. The molecule has 2 N–H and O–H groups in total. The molecule has 31 heavy (non-hydrogen) atoms. The Hall–Kier alpha value is -2.94. The Kier molecular flexibility index (Phi) is 7.27.